The first-order chi connectivity index (χ1) is 18.8. The van der Waals surface area contributed by atoms with Gasteiger partial charge in [-0.3, -0.25) is 14.3 Å². The Morgan fingerprint density at radius 2 is 1.63 bits per heavy atom. The summed E-state index contributed by atoms with van der Waals surface area (Å²) in [6.07, 6.45) is -1.08. The third-order valence-corrected chi connectivity index (χ3v) is 10.1. The molecule has 1 aromatic rings. The van der Waals surface area contributed by atoms with Crippen molar-refractivity contribution in [3.05, 3.63) is 29.3 Å². The van der Waals surface area contributed by atoms with Gasteiger partial charge in [0, 0.05) is 32.3 Å². The zero-order chi connectivity index (χ0) is 31.2. The molecule has 1 aliphatic heterocycles. The maximum absolute atomic E-state index is 14.1. The van der Waals surface area contributed by atoms with Crippen LogP contribution in [0.5, 0.6) is 5.75 Å². The Labute approximate surface area is 243 Å². The number of aromatic hydroxyl groups is 1. The maximum atomic E-state index is 14.1. The van der Waals surface area contributed by atoms with Crippen molar-refractivity contribution in [2.75, 3.05) is 32.4 Å². The van der Waals surface area contributed by atoms with Gasteiger partial charge in [-0.1, -0.05) is 6.07 Å². The summed E-state index contributed by atoms with van der Waals surface area (Å²) in [7, 11) is -3.61. The lowest BCUT2D eigenvalue weighted by molar-refractivity contribution is -0.141. The molecule has 0 aromatic heterocycles. The third-order valence-electron chi connectivity index (χ3n) is 6.75. The normalized spacial score (nSPS) is 21.8. The molecule has 2 atom stereocenters. The second kappa shape index (κ2) is 13.6. The first-order valence-corrected chi connectivity index (χ1v) is 15.8. The summed E-state index contributed by atoms with van der Waals surface area (Å²) in [5.41, 5.74) is 0.126. The fourth-order valence-corrected chi connectivity index (χ4v) is 7.80. The van der Waals surface area contributed by atoms with Crippen molar-refractivity contribution in [1.82, 2.24) is 9.80 Å². The Kier molecular flexibility index (Phi) is 11.4. The first-order valence-electron chi connectivity index (χ1n) is 14.0. The van der Waals surface area contributed by atoms with Crippen molar-refractivity contribution in [2.24, 2.45) is 0 Å². The lowest BCUT2D eigenvalue weighted by Crippen LogP contribution is -2.54. The van der Waals surface area contributed by atoms with E-state index in [2.05, 4.69) is 0 Å². The molecule has 0 saturated carbocycles. The van der Waals surface area contributed by atoms with Crippen molar-refractivity contribution in [2.45, 2.75) is 97.6 Å². The minimum absolute atomic E-state index is 0.0156. The second-order valence-electron chi connectivity index (χ2n) is 12.5. The molecule has 1 saturated heterocycles. The van der Waals surface area contributed by atoms with Gasteiger partial charge in [-0.2, -0.15) is 0 Å². The Hall–Kier alpha value is -2.62. The fourth-order valence-electron chi connectivity index (χ4n) is 4.82. The first kappa shape index (κ1) is 34.6. The van der Waals surface area contributed by atoms with Crippen LogP contribution in [0.3, 0.4) is 0 Å². The van der Waals surface area contributed by atoms with Gasteiger partial charge in [0.15, 0.2) is 5.16 Å². The number of ether oxygens (including phenoxy) is 2. The van der Waals surface area contributed by atoms with E-state index in [-0.39, 0.29) is 50.9 Å². The highest BCUT2D eigenvalue weighted by molar-refractivity contribution is 7.62. The topological polar surface area (TPSA) is 143 Å². The quantitative estimate of drug-likeness (QED) is 0.243. The van der Waals surface area contributed by atoms with E-state index in [1.54, 1.807) is 66.7 Å². The SMILES string of the molecule is CCOP1(=O)CCN(Cc2ccc(O)cc2C)CC1(CCCCN(C(=O)OC(C)(C)C)C(=O)OC(C)(C)C)C(=O)O. The zero-order valence-electron chi connectivity index (χ0n) is 25.7. The molecule has 2 amide bonds. The number of aliphatic carboxylic acids is 1. The largest absolute Gasteiger partial charge is 0.508 e. The monoisotopic (exact) mass is 598 g/mol. The molecule has 2 N–H and O–H groups in total. The highest BCUT2D eigenvalue weighted by atomic mass is 31.2. The van der Waals surface area contributed by atoms with Gasteiger partial charge in [-0.15, -0.1) is 0 Å². The summed E-state index contributed by atoms with van der Waals surface area (Å²) in [5.74, 6) is -1.05. The Morgan fingerprint density at radius 1 is 1.05 bits per heavy atom. The van der Waals surface area contributed by atoms with E-state index in [0.717, 1.165) is 16.0 Å². The number of unbranched alkanes of at least 4 members (excludes halogenated alkanes) is 1. The number of carbonyl (C=O) groups is 3. The molecule has 0 radical (unpaired) electrons. The number of aryl methyl sites for hydroxylation is 1. The summed E-state index contributed by atoms with van der Waals surface area (Å²) in [6, 6.07) is 5.03. The van der Waals surface area contributed by atoms with Gasteiger partial charge < -0.3 is 24.2 Å². The molecule has 1 fully saturated rings. The molecule has 2 unspecified atom stereocenters. The second-order valence-corrected chi connectivity index (χ2v) is 15.5. The Balaban J connectivity index is 2.25. The minimum Gasteiger partial charge on any atom is -0.508 e. The summed E-state index contributed by atoms with van der Waals surface area (Å²) in [6.45, 7) is 14.6. The number of imide groups is 1. The summed E-state index contributed by atoms with van der Waals surface area (Å²) in [4.78, 5) is 41.4. The molecule has 1 aliphatic rings. The van der Waals surface area contributed by atoms with E-state index >= 15 is 0 Å². The molecule has 2 rings (SSSR count). The number of hydrogen-bond donors (Lipinski definition) is 2. The number of rotatable bonds is 10. The van der Waals surface area contributed by atoms with E-state index in [9.17, 15) is 29.2 Å². The van der Waals surface area contributed by atoms with Gasteiger partial charge in [0.05, 0.1) is 6.61 Å². The lowest BCUT2D eigenvalue weighted by Gasteiger charge is -2.45. The summed E-state index contributed by atoms with van der Waals surface area (Å²) in [5, 5.41) is 18.6. The Bertz CT molecular complexity index is 1110. The average Bonchev–Trinajstić information content (AvgIpc) is 2.80. The highest BCUT2D eigenvalue weighted by Crippen LogP contribution is 2.63. The van der Waals surface area contributed by atoms with Gasteiger partial charge in [-0.05, 0) is 97.9 Å². The molecule has 41 heavy (non-hydrogen) atoms. The van der Waals surface area contributed by atoms with Crippen LogP contribution in [0.2, 0.25) is 0 Å². The predicted octanol–water partition coefficient (Wildman–Crippen LogP) is 6.00. The third kappa shape index (κ3) is 9.45. The van der Waals surface area contributed by atoms with Crippen molar-refractivity contribution in [1.29, 1.82) is 0 Å². The van der Waals surface area contributed by atoms with Crippen LogP contribution in [0.1, 0.15) is 78.9 Å². The van der Waals surface area contributed by atoms with Crippen LogP contribution in [-0.2, 0) is 29.9 Å². The Morgan fingerprint density at radius 3 is 2.12 bits per heavy atom. The molecule has 0 spiro atoms. The van der Waals surface area contributed by atoms with Gasteiger partial charge in [-0.25, -0.2) is 14.5 Å². The zero-order valence-corrected chi connectivity index (χ0v) is 26.6. The van der Waals surface area contributed by atoms with E-state index in [1.165, 1.54) is 0 Å². The van der Waals surface area contributed by atoms with E-state index < -0.39 is 41.9 Å². The minimum atomic E-state index is -3.61. The van der Waals surface area contributed by atoms with Crippen LogP contribution in [0.15, 0.2) is 18.2 Å². The highest BCUT2D eigenvalue weighted by Gasteiger charge is 2.58. The fraction of sp³-hybridized carbons (Fsp3) is 0.690. The molecule has 0 bridgehead atoms. The van der Waals surface area contributed by atoms with Crippen LogP contribution in [0.25, 0.3) is 0 Å². The van der Waals surface area contributed by atoms with Gasteiger partial charge in [0.25, 0.3) is 0 Å². The predicted molar refractivity (Wildman–Crippen MR) is 156 cm³/mol. The number of amides is 2. The van der Waals surface area contributed by atoms with Crippen molar-refractivity contribution >= 4 is 25.5 Å². The van der Waals surface area contributed by atoms with Crippen molar-refractivity contribution in [3.63, 3.8) is 0 Å². The molecule has 12 heteroatoms. The van der Waals surface area contributed by atoms with E-state index in [0.29, 0.717) is 13.1 Å². The number of phenolic OH excluding ortho intramolecular Hbond substituents is 1. The lowest BCUT2D eigenvalue weighted by atomic mass is 9.98. The molecule has 1 aromatic carbocycles. The molecular formula is C29H47N2O9P. The van der Waals surface area contributed by atoms with Crippen molar-refractivity contribution < 1.29 is 43.2 Å². The average molecular weight is 599 g/mol. The van der Waals surface area contributed by atoms with Crippen molar-refractivity contribution in [3.8, 4) is 5.75 Å². The number of nitrogens with zero attached hydrogens (tertiary/aromatic N) is 2. The van der Waals surface area contributed by atoms with Crippen LogP contribution in [0.4, 0.5) is 9.59 Å². The van der Waals surface area contributed by atoms with Crippen LogP contribution < -0.4 is 0 Å². The molecule has 0 aliphatic carbocycles. The maximum Gasteiger partial charge on any atom is 0.419 e. The smallest absolute Gasteiger partial charge is 0.419 e. The van der Waals surface area contributed by atoms with Crippen LogP contribution >= 0.6 is 7.37 Å². The van der Waals surface area contributed by atoms with E-state index in [1.807, 2.05) is 11.8 Å². The number of phenols is 1. The number of hydrogen-bond acceptors (Lipinski definition) is 9. The number of carboxylic acids is 1. The molecular weight excluding hydrogens is 551 g/mol. The van der Waals surface area contributed by atoms with E-state index in [4.69, 9.17) is 14.0 Å². The number of carboxylic acid groups (broad SMARTS) is 1. The number of carbonyl (C=O) groups excluding carboxylic acids is 2. The summed E-state index contributed by atoms with van der Waals surface area (Å²) >= 11 is 0. The number of benzene rings is 1. The summed E-state index contributed by atoms with van der Waals surface area (Å²) < 4.78 is 30.6. The van der Waals surface area contributed by atoms with Crippen LogP contribution in [0, 0.1) is 6.92 Å². The van der Waals surface area contributed by atoms with Gasteiger partial charge in [0.1, 0.15) is 17.0 Å². The molecule has 1 heterocycles. The molecule has 232 valence electrons. The van der Waals surface area contributed by atoms with Gasteiger partial charge in [0.2, 0.25) is 7.37 Å². The molecule has 11 nitrogen and oxygen atoms in total. The van der Waals surface area contributed by atoms with Gasteiger partial charge >= 0.3 is 18.2 Å². The standard InChI is InChI=1S/C29H47N2O9P/c1-9-38-41(37)17-16-30(19-22-12-13-23(32)18-21(22)2)20-29(41,24(33)34)14-10-11-15-31(25(35)39-27(3,4)5)26(36)40-28(6,7)8/h12-13,18,32H,9-11,14-17,19-20H2,1-8H3,(H,33,34). The van der Waals surface area contributed by atoms with Crippen LogP contribution in [-0.4, -0.2) is 86.9 Å².